The number of nitrogens with zero attached hydrogens (tertiary/aromatic N) is 1. The minimum Gasteiger partial charge on any atom is -0.316 e. The quantitative estimate of drug-likeness (QED) is 0.673. The highest BCUT2D eigenvalue weighted by molar-refractivity contribution is 8.00. The van der Waals surface area contributed by atoms with Gasteiger partial charge in [-0.15, -0.1) is 23.1 Å². The lowest BCUT2D eigenvalue weighted by atomic mass is 9.72. The van der Waals surface area contributed by atoms with Crippen LogP contribution in [0.1, 0.15) is 43.2 Å². The molecule has 6 heteroatoms. The number of hydrogen-bond acceptors (Lipinski definition) is 4. The summed E-state index contributed by atoms with van der Waals surface area (Å²) in [4.78, 5) is 14.4. The van der Waals surface area contributed by atoms with E-state index in [1.165, 1.54) is 28.8 Å². The topological polar surface area (TPSA) is 52.9 Å². The number of carbonyl (C=O) groups excluding carboxylic acids is 1. The van der Waals surface area contributed by atoms with Crippen LogP contribution in [0.4, 0.5) is 9.39 Å². The molecular formula is C21H23FN2OS2. The molecule has 1 aliphatic carbocycles. The van der Waals surface area contributed by atoms with Crippen LogP contribution in [-0.4, -0.2) is 11.7 Å². The standard InChI is InChI=1S/C21H23FN2OS2/c1-21(2,3)13-4-9-16-17(11-23)20(27-18(16)10-13)24-19(25)12-26-15-7-5-14(22)6-8-15/h5-8,13H,4,9-10,12H2,1-3H3,(H,24,25)/t13-/m1/s1. The van der Waals surface area contributed by atoms with Gasteiger partial charge in [-0.05, 0) is 60.4 Å². The zero-order valence-electron chi connectivity index (χ0n) is 15.8. The van der Waals surface area contributed by atoms with Gasteiger partial charge in [-0.1, -0.05) is 20.8 Å². The number of anilines is 1. The van der Waals surface area contributed by atoms with E-state index in [0.29, 0.717) is 16.5 Å². The van der Waals surface area contributed by atoms with E-state index in [1.807, 2.05) is 0 Å². The van der Waals surface area contributed by atoms with Crippen LogP contribution < -0.4 is 5.32 Å². The molecule has 1 atom stereocenters. The monoisotopic (exact) mass is 402 g/mol. The molecule has 1 amide bonds. The maximum atomic E-state index is 13.0. The summed E-state index contributed by atoms with van der Waals surface area (Å²) in [7, 11) is 0. The van der Waals surface area contributed by atoms with Gasteiger partial charge >= 0.3 is 0 Å². The number of carbonyl (C=O) groups is 1. The predicted octanol–water partition coefficient (Wildman–Crippen LogP) is 5.64. The Kier molecular flexibility index (Phi) is 5.92. The summed E-state index contributed by atoms with van der Waals surface area (Å²) in [5, 5.41) is 13.2. The SMILES string of the molecule is CC(C)(C)[C@@H]1CCc2c(sc(NC(=O)CSc3ccc(F)cc3)c2C#N)C1. The molecule has 1 aliphatic rings. The molecule has 27 heavy (non-hydrogen) atoms. The summed E-state index contributed by atoms with van der Waals surface area (Å²) in [5.41, 5.74) is 1.98. The molecule has 2 aromatic rings. The third-order valence-electron chi connectivity index (χ3n) is 5.04. The fraction of sp³-hybridized carbons (Fsp3) is 0.429. The summed E-state index contributed by atoms with van der Waals surface area (Å²) < 4.78 is 13.0. The Balaban J connectivity index is 1.68. The molecule has 1 aromatic carbocycles. The van der Waals surface area contributed by atoms with Crippen LogP contribution in [0.15, 0.2) is 29.2 Å². The molecule has 0 fully saturated rings. The maximum absolute atomic E-state index is 13.0. The molecule has 0 saturated carbocycles. The predicted molar refractivity (Wildman–Crippen MR) is 110 cm³/mol. The summed E-state index contributed by atoms with van der Waals surface area (Å²) in [6.45, 7) is 6.78. The van der Waals surface area contributed by atoms with E-state index in [9.17, 15) is 14.4 Å². The Hall–Kier alpha value is -1.84. The summed E-state index contributed by atoms with van der Waals surface area (Å²) in [6, 6.07) is 8.37. The number of amides is 1. The third kappa shape index (κ3) is 4.72. The molecule has 3 rings (SSSR count). The molecule has 142 valence electrons. The molecule has 0 bridgehead atoms. The molecule has 1 aromatic heterocycles. The van der Waals surface area contributed by atoms with Gasteiger partial charge in [0, 0.05) is 9.77 Å². The van der Waals surface area contributed by atoms with Crippen molar-refractivity contribution >= 4 is 34.0 Å². The van der Waals surface area contributed by atoms with E-state index < -0.39 is 0 Å². The van der Waals surface area contributed by atoms with Gasteiger partial charge in [0.05, 0.1) is 11.3 Å². The first kappa shape index (κ1) is 19.9. The van der Waals surface area contributed by atoms with Crippen molar-refractivity contribution in [3.8, 4) is 6.07 Å². The largest absolute Gasteiger partial charge is 0.316 e. The summed E-state index contributed by atoms with van der Waals surface area (Å²) in [6.07, 6.45) is 2.95. The van der Waals surface area contributed by atoms with Crippen LogP contribution in [-0.2, 0) is 17.6 Å². The van der Waals surface area contributed by atoms with Gasteiger partial charge in [-0.3, -0.25) is 4.79 Å². The first-order chi connectivity index (χ1) is 12.8. The molecule has 0 radical (unpaired) electrons. The molecule has 1 heterocycles. The number of fused-ring (bicyclic) bond motifs is 1. The highest BCUT2D eigenvalue weighted by Crippen LogP contribution is 2.44. The molecular weight excluding hydrogens is 379 g/mol. The zero-order valence-corrected chi connectivity index (χ0v) is 17.4. The highest BCUT2D eigenvalue weighted by atomic mass is 32.2. The van der Waals surface area contributed by atoms with Gasteiger partial charge in [0.2, 0.25) is 5.91 Å². The summed E-state index contributed by atoms with van der Waals surface area (Å²) in [5.74, 6) is 0.378. The van der Waals surface area contributed by atoms with Gasteiger partial charge in [-0.25, -0.2) is 4.39 Å². The minimum absolute atomic E-state index is 0.146. The lowest BCUT2D eigenvalue weighted by molar-refractivity contribution is -0.113. The van der Waals surface area contributed by atoms with Crippen LogP contribution in [0.25, 0.3) is 0 Å². The number of rotatable bonds is 4. The molecule has 1 N–H and O–H groups in total. The Morgan fingerprint density at radius 3 is 2.70 bits per heavy atom. The van der Waals surface area contributed by atoms with Crippen molar-refractivity contribution in [2.24, 2.45) is 11.3 Å². The number of halogens is 1. The highest BCUT2D eigenvalue weighted by Gasteiger charge is 2.32. The molecule has 3 nitrogen and oxygen atoms in total. The van der Waals surface area contributed by atoms with Gasteiger partial charge < -0.3 is 5.32 Å². The second-order valence-corrected chi connectivity index (χ2v) is 10.1. The van der Waals surface area contributed by atoms with E-state index in [0.717, 1.165) is 29.7 Å². The fourth-order valence-electron chi connectivity index (χ4n) is 3.37. The van der Waals surface area contributed by atoms with Crippen molar-refractivity contribution in [2.45, 2.75) is 44.9 Å². The van der Waals surface area contributed by atoms with Crippen LogP contribution in [0.2, 0.25) is 0 Å². The van der Waals surface area contributed by atoms with E-state index >= 15 is 0 Å². The number of hydrogen-bond donors (Lipinski definition) is 1. The lowest BCUT2D eigenvalue weighted by Crippen LogP contribution is -2.26. The second kappa shape index (κ2) is 8.04. The van der Waals surface area contributed by atoms with Gasteiger partial charge in [-0.2, -0.15) is 5.26 Å². The van der Waals surface area contributed by atoms with Crippen LogP contribution >= 0.6 is 23.1 Å². The summed E-state index contributed by atoms with van der Waals surface area (Å²) >= 11 is 2.90. The molecule has 0 saturated heterocycles. The zero-order chi connectivity index (χ0) is 19.6. The number of benzene rings is 1. The Morgan fingerprint density at radius 1 is 1.37 bits per heavy atom. The van der Waals surface area contributed by atoms with E-state index in [-0.39, 0.29) is 22.9 Å². The van der Waals surface area contributed by atoms with E-state index in [2.05, 4.69) is 32.2 Å². The first-order valence-corrected chi connectivity index (χ1v) is 10.8. The lowest BCUT2D eigenvalue weighted by Gasteiger charge is -2.33. The fourth-order valence-corrected chi connectivity index (χ4v) is 5.37. The Bertz CT molecular complexity index is 875. The van der Waals surface area contributed by atoms with Crippen molar-refractivity contribution in [2.75, 3.05) is 11.1 Å². The van der Waals surface area contributed by atoms with Crippen LogP contribution in [0, 0.1) is 28.5 Å². The smallest absolute Gasteiger partial charge is 0.235 e. The molecule has 0 aliphatic heterocycles. The number of thiophene rings is 1. The normalized spacial score (nSPS) is 16.5. The number of thioether (sulfide) groups is 1. The molecule has 0 unspecified atom stereocenters. The average Bonchev–Trinajstić information content (AvgIpc) is 2.96. The Morgan fingerprint density at radius 2 is 2.07 bits per heavy atom. The third-order valence-corrected chi connectivity index (χ3v) is 7.22. The first-order valence-electron chi connectivity index (χ1n) is 9.00. The minimum atomic E-state index is -0.291. The maximum Gasteiger partial charge on any atom is 0.235 e. The van der Waals surface area contributed by atoms with Crippen molar-refractivity contribution in [1.82, 2.24) is 0 Å². The Labute approximate surface area is 168 Å². The second-order valence-electron chi connectivity index (χ2n) is 7.92. The van der Waals surface area contributed by atoms with Gasteiger partial charge in [0.25, 0.3) is 0 Å². The van der Waals surface area contributed by atoms with Crippen LogP contribution in [0.3, 0.4) is 0 Å². The van der Waals surface area contributed by atoms with Crippen molar-refractivity contribution in [3.05, 3.63) is 46.1 Å². The van der Waals surface area contributed by atoms with Crippen LogP contribution in [0.5, 0.6) is 0 Å². The van der Waals surface area contributed by atoms with Crippen molar-refractivity contribution < 1.29 is 9.18 Å². The van der Waals surface area contributed by atoms with Gasteiger partial charge in [0.1, 0.15) is 16.9 Å². The van der Waals surface area contributed by atoms with Crippen molar-refractivity contribution in [3.63, 3.8) is 0 Å². The van der Waals surface area contributed by atoms with E-state index in [1.54, 1.807) is 23.5 Å². The van der Waals surface area contributed by atoms with Crippen molar-refractivity contribution in [1.29, 1.82) is 5.26 Å². The van der Waals surface area contributed by atoms with E-state index in [4.69, 9.17) is 0 Å². The molecule has 0 spiro atoms. The van der Waals surface area contributed by atoms with Gasteiger partial charge in [0.15, 0.2) is 0 Å². The number of nitrogens with one attached hydrogen (secondary N) is 1. The average molecular weight is 403 g/mol. The number of nitriles is 1.